The van der Waals surface area contributed by atoms with Crippen molar-refractivity contribution in [1.29, 1.82) is 0 Å². The third-order valence-electron chi connectivity index (χ3n) is 5.05. The molecule has 1 heterocycles. The van der Waals surface area contributed by atoms with Gasteiger partial charge in [0.25, 0.3) is 0 Å². The first-order valence-electron chi connectivity index (χ1n) is 9.45. The molecule has 2 aromatic carbocycles. The summed E-state index contributed by atoms with van der Waals surface area (Å²) in [5, 5.41) is 3.23. The Hall–Kier alpha value is -1.90. The first-order chi connectivity index (χ1) is 14.1. The van der Waals surface area contributed by atoms with Gasteiger partial charge in [-0.1, -0.05) is 29.8 Å². The van der Waals surface area contributed by atoms with E-state index in [1.54, 1.807) is 29.2 Å². The molecule has 0 spiro atoms. The van der Waals surface area contributed by atoms with Gasteiger partial charge in [0.1, 0.15) is 0 Å². The number of carbonyl (C=O) groups is 2. The second-order valence-electron chi connectivity index (χ2n) is 7.29. The Morgan fingerprint density at radius 1 is 1.27 bits per heavy atom. The van der Waals surface area contributed by atoms with Gasteiger partial charge in [-0.2, -0.15) is 0 Å². The minimum Gasteiger partial charge on any atom is -0.352 e. The smallest absolute Gasteiger partial charge is 0.224 e. The average Bonchev–Trinajstić information content (AvgIpc) is 2.99. The number of fused-ring (bicyclic) bond motifs is 1. The summed E-state index contributed by atoms with van der Waals surface area (Å²) < 4.78 is 26.3. The van der Waals surface area contributed by atoms with Crippen molar-refractivity contribution in [2.45, 2.75) is 44.2 Å². The third-order valence-corrected chi connectivity index (χ3v) is 8.09. The van der Waals surface area contributed by atoms with Crippen molar-refractivity contribution in [3.05, 3.63) is 57.0 Å². The van der Waals surface area contributed by atoms with Crippen molar-refractivity contribution in [1.82, 2.24) is 5.32 Å². The summed E-state index contributed by atoms with van der Waals surface area (Å²) in [6.07, 6.45) is 0.488. The van der Waals surface area contributed by atoms with Crippen LogP contribution in [0.4, 0.5) is 5.69 Å². The number of benzene rings is 2. The molecule has 0 saturated carbocycles. The fourth-order valence-corrected chi connectivity index (χ4v) is 6.25. The van der Waals surface area contributed by atoms with Crippen LogP contribution in [0.2, 0.25) is 5.02 Å². The molecule has 3 rings (SSSR count). The fourth-order valence-electron chi connectivity index (χ4n) is 3.60. The van der Waals surface area contributed by atoms with Crippen molar-refractivity contribution in [3.63, 3.8) is 0 Å². The molecule has 2 aromatic rings. The van der Waals surface area contributed by atoms with Crippen molar-refractivity contribution < 1.29 is 18.0 Å². The third kappa shape index (κ3) is 4.87. The minimum absolute atomic E-state index is 0.0297. The van der Waals surface area contributed by atoms with Crippen molar-refractivity contribution in [2.24, 2.45) is 0 Å². The van der Waals surface area contributed by atoms with Crippen molar-refractivity contribution >= 4 is 54.9 Å². The van der Waals surface area contributed by atoms with Gasteiger partial charge < -0.3 is 10.2 Å². The van der Waals surface area contributed by atoms with Gasteiger partial charge in [-0.3, -0.25) is 9.59 Å². The molecule has 0 aliphatic carbocycles. The van der Waals surface area contributed by atoms with Crippen LogP contribution in [0, 0.1) is 0 Å². The highest BCUT2D eigenvalue weighted by atomic mass is 79.9. The molecule has 0 aromatic heterocycles. The van der Waals surface area contributed by atoms with Gasteiger partial charge in [-0.15, -0.1) is 0 Å². The molecule has 2 amide bonds. The van der Waals surface area contributed by atoms with Crippen LogP contribution >= 0.6 is 27.5 Å². The van der Waals surface area contributed by atoms with Crippen LogP contribution in [0.5, 0.6) is 0 Å². The lowest BCUT2D eigenvalue weighted by molar-refractivity contribution is -0.121. The first-order valence-corrected chi connectivity index (χ1v) is 12.3. The van der Waals surface area contributed by atoms with Crippen LogP contribution in [0.15, 0.2) is 45.8 Å². The minimum atomic E-state index is -3.74. The highest BCUT2D eigenvalue weighted by Crippen LogP contribution is 2.38. The maximum absolute atomic E-state index is 12.9. The molecule has 0 radical (unpaired) electrons. The average molecular weight is 514 g/mol. The first kappa shape index (κ1) is 22.8. The Bertz CT molecular complexity index is 1100. The van der Waals surface area contributed by atoms with Crippen LogP contribution in [0.3, 0.4) is 0 Å². The molecular weight excluding hydrogens is 492 g/mol. The molecule has 1 aliphatic rings. The summed E-state index contributed by atoms with van der Waals surface area (Å²) in [5.41, 5.74) is 2.29. The van der Waals surface area contributed by atoms with Crippen molar-refractivity contribution in [2.75, 3.05) is 10.7 Å². The van der Waals surface area contributed by atoms with E-state index in [-0.39, 0.29) is 41.5 Å². The molecule has 0 fully saturated rings. The summed E-state index contributed by atoms with van der Waals surface area (Å²) >= 11 is 9.41. The van der Waals surface area contributed by atoms with E-state index in [0.717, 1.165) is 11.1 Å². The predicted octanol–water partition coefficient (Wildman–Crippen LogP) is 3.88. The molecule has 0 unspecified atom stereocenters. The standard InChI is InChI=1S/C21H22BrClN2O4S/c1-13-9-16-10-17(22)20(11-19(16)25(13)14(2)26)30(28,29)8-7-21(27)24-12-15-5-3-4-6-18(15)23/h3-6,10-11,13H,7-9,12H2,1-2H3,(H,24,27)/t13-/m0/s1. The summed E-state index contributed by atoms with van der Waals surface area (Å²) in [4.78, 5) is 25.9. The van der Waals surface area contributed by atoms with Gasteiger partial charge in [0, 0.05) is 41.1 Å². The lowest BCUT2D eigenvalue weighted by Crippen LogP contribution is -2.33. The fraction of sp³-hybridized carbons (Fsp3) is 0.333. The van der Waals surface area contributed by atoms with Crippen LogP contribution in [-0.4, -0.2) is 32.0 Å². The Morgan fingerprint density at radius 2 is 1.97 bits per heavy atom. The summed E-state index contributed by atoms with van der Waals surface area (Å²) in [7, 11) is -3.74. The number of hydrogen-bond donors (Lipinski definition) is 1. The van der Waals surface area contributed by atoms with Crippen LogP contribution < -0.4 is 10.2 Å². The zero-order chi connectivity index (χ0) is 22.1. The Kier molecular flexibility index (Phi) is 6.89. The van der Waals surface area contributed by atoms with Gasteiger partial charge in [0.15, 0.2) is 9.84 Å². The summed E-state index contributed by atoms with van der Waals surface area (Å²) in [6.45, 7) is 3.62. The summed E-state index contributed by atoms with van der Waals surface area (Å²) in [6, 6.07) is 10.4. The maximum Gasteiger partial charge on any atom is 0.224 e. The number of halogens is 2. The molecule has 9 heteroatoms. The van der Waals surface area contributed by atoms with Gasteiger partial charge in [0.05, 0.1) is 10.6 Å². The number of nitrogens with one attached hydrogen (secondary N) is 1. The number of nitrogens with zero attached hydrogens (tertiary/aromatic N) is 1. The van der Waals surface area contributed by atoms with E-state index in [1.165, 1.54) is 13.0 Å². The number of rotatable bonds is 6. The van der Waals surface area contributed by atoms with E-state index in [9.17, 15) is 18.0 Å². The number of carbonyl (C=O) groups excluding carboxylic acids is 2. The second kappa shape index (κ2) is 9.08. The van der Waals surface area contributed by atoms with E-state index in [0.29, 0.717) is 21.6 Å². The van der Waals surface area contributed by atoms with Gasteiger partial charge in [-0.25, -0.2) is 8.42 Å². The molecule has 160 valence electrons. The Balaban J connectivity index is 1.71. The summed E-state index contributed by atoms with van der Waals surface area (Å²) in [5.74, 6) is -0.852. The topological polar surface area (TPSA) is 83.6 Å². The van der Waals surface area contributed by atoms with E-state index in [2.05, 4.69) is 21.2 Å². The molecule has 0 bridgehead atoms. The number of hydrogen-bond acceptors (Lipinski definition) is 4. The van der Waals surface area contributed by atoms with Crippen LogP contribution in [-0.2, 0) is 32.4 Å². The predicted molar refractivity (Wildman–Crippen MR) is 120 cm³/mol. The quantitative estimate of drug-likeness (QED) is 0.635. The van der Waals surface area contributed by atoms with Gasteiger partial charge >= 0.3 is 0 Å². The van der Waals surface area contributed by atoms with E-state index < -0.39 is 9.84 Å². The van der Waals surface area contributed by atoms with Gasteiger partial charge in [0.2, 0.25) is 11.8 Å². The Morgan fingerprint density at radius 3 is 2.63 bits per heavy atom. The van der Waals surface area contributed by atoms with Crippen LogP contribution in [0.25, 0.3) is 0 Å². The van der Waals surface area contributed by atoms with Crippen molar-refractivity contribution in [3.8, 4) is 0 Å². The lowest BCUT2D eigenvalue weighted by Gasteiger charge is -2.21. The van der Waals surface area contributed by atoms with Gasteiger partial charge in [-0.05, 0) is 58.6 Å². The molecule has 1 atom stereocenters. The normalized spacial score (nSPS) is 15.7. The zero-order valence-electron chi connectivity index (χ0n) is 16.6. The molecular formula is C21H22BrClN2O4S. The number of anilines is 1. The maximum atomic E-state index is 12.9. The van der Waals surface area contributed by atoms with Crippen LogP contribution in [0.1, 0.15) is 31.4 Å². The van der Waals surface area contributed by atoms with E-state index in [4.69, 9.17) is 11.6 Å². The highest BCUT2D eigenvalue weighted by Gasteiger charge is 2.32. The SMILES string of the molecule is CC(=O)N1c2cc(S(=O)(=O)CCC(=O)NCc3ccccc3Cl)c(Br)cc2C[C@@H]1C. The molecule has 1 aliphatic heterocycles. The number of sulfone groups is 1. The highest BCUT2D eigenvalue weighted by molar-refractivity contribution is 9.10. The molecule has 1 N–H and O–H groups in total. The van der Waals surface area contributed by atoms with E-state index >= 15 is 0 Å². The Labute approximate surface area is 189 Å². The van der Waals surface area contributed by atoms with E-state index in [1.807, 2.05) is 13.0 Å². The molecule has 6 nitrogen and oxygen atoms in total. The number of amides is 2. The lowest BCUT2D eigenvalue weighted by atomic mass is 10.1. The second-order valence-corrected chi connectivity index (χ2v) is 10.6. The zero-order valence-corrected chi connectivity index (χ0v) is 19.8. The largest absolute Gasteiger partial charge is 0.352 e. The molecule has 0 saturated heterocycles. The molecule has 30 heavy (non-hydrogen) atoms. The monoisotopic (exact) mass is 512 g/mol.